The predicted molar refractivity (Wildman–Crippen MR) is 135 cm³/mol. The van der Waals surface area contributed by atoms with Gasteiger partial charge in [-0.3, -0.25) is 4.79 Å². The van der Waals surface area contributed by atoms with Crippen molar-refractivity contribution in [2.75, 3.05) is 13.7 Å². The molecular formula is C30H31NO3. The molecule has 4 heteroatoms. The van der Waals surface area contributed by atoms with Gasteiger partial charge in [0.2, 0.25) is 5.91 Å². The number of carbonyl (C=O) groups excluding carboxylic acids is 1. The summed E-state index contributed by atoms with van der Waals surface area (Å²) in [5.74, 6) is 0.837. The summed E-state index contributed by atoms with van der Waals surface area (Å²) in [5.41, 5.74) is 3.62. The van der Waals surface area contributed by atoms with E-state index < -0.39 is 5.41 Å². The van der Waals surface area contributed by atoms with Gasteiger partial charge in [0, 0.05) is 5.54 Å². The number of benzene rings is 3. The van der Waals surface area contributed by atoms with E-state index in [1.807, 2.05) is 29.2 Å². The maximum absolute atomic E-state index is 13.1. The molecule has 174 valence electrons. The third-order valence-electron chi connectivity index (χ3n) is 7.03. The van der Waals surface area contributed by atoms with Gasteiger partial charge in [0.05, 0.1) is 24.7 Å². The van der Waals surface area contributed by atoms with E-state index in [9.17, 15) is 4.79 Å². The number of ether oxygens (including phenoxy) is 2. The van der Waals surface area contributed by atoms with Gasteiger partial charge in [-0.15, -0.1) is 0 Å². The molecule has 4 nitrogen and oxygen atoms in total. The van der Waals surface area contributed by atoms with Gasteiger partial charge in [0.1, 0.15) is 12.4 Å². The highest BCUT2D eigenvalue weighted by atomic mass is 16.5. The summed E-state index contributed by atoms with van der Waals surface area (Å²) in [7, 11) is 1.68. The molecule has 1 aliphatic heterocycles. The summed E-state index contributed by atoms with van der Waals surface area (Å²) in [5, 5.41) is 0. The zero-order valence-corrected chi connectivity index (χ0v) is 20.2. The zero-order valence-electron chi connectivity index (χ0n) is 20.2. The number of hydrogen-bond donors (Lipinski definition) is 0. The minimum absolute atomic E-state index is 0.0241. The molecule has 1 amide bonds. The van der Waals surface area contributed by atoms with E-state index in [0.29, 0.717) is 0 Å². The summed E-state index contributed by atoms with van der Waals surface area (Å²) in [6.07, 6.45) is 2.00. The molecule has 0 bridgehead atoms. The van der Waals surface area contributed by atoms with Crippen molar-refractivity contribution in [2.45, 2.75) is 43.9 Å². The van der Waals surface area contributed by atoms with Crippen LogP contribution < -0.4 is 4.74 Å². The second kappa shape index (κ2) is 8.44. The van der Waals surface area contributed by atoms with Crippen molar-refractivity contribution in [3.63, 3.8) is 0 Å². The number of fused-ring (bicyclic) bond motifs is 1. The van der Waals surface area contributed by atoms with Gasteiger partial charge in [-0.2, -0.15) is 0 Å². The van der Waals surface area contributed by atoms with Crippen LogP contribution in [0.1, 0.15) is 37.5 Å². The zero-order chi connectivity index (χ0) is 23.9. The highest BCUT2D eigenvalue weighted by molar-refractivity contribution is 5.87. The lowest BCUT2D eigenvalue weighted by Gasteiger charge is -2.49. The third kappa shape index (κ3) is 3.45. The Balaban J connectivity index is 1.82. The maximum atomic E-state index is 13.1. The highest BCUT2D eigenvalue weighted by Crippen LogP contribution is 2.55. The Morgan fingerprint density at radius 2 is 1.44 bits per heavy atom. The minimum atomic E-state index is -0.577. The molecule has 1 saturated heterocycles. The molecule has 0 aromatic heterocycles. The molecule has 2 unspecified atom stereocenters. The monoisotopic (exact) mass is 453 g/mol. The second-order valence-electron chi connectivity index (χ2n) is 10.0. The quantitative estimate of drug-likeness (QED) is 0.526. The number of morpholine rings is 1. The van der Waals surface area contributed by atoms with Crippen LogP contribution in [0.4, 0.5) is 0 Å². The Morgan fingerprint density at radius 1 is 0.882 bits per heavy atom. The lowest BCUT2D eigenvalue weighted by Crippen LogP contribution is -2.63. The van der Waals surface area contributed by atoms with Crippen LogP contribution in [0.5, 0.6) is 5.75 Å². The highest BCUT2D eigenvalue weighted by Gasteiger charge is 2.58. The average molecular weight is 454 g/mol. The van der Waals surface area contributed by atoms with Gasteiger partial charge in [0.25, 0.3) is 0 Å². The first kappa shape index (κ1) is 22.4. The maximum Gasteiger partial charge on any atom is 0.249 e. The van der Waals surface area contributed by atoms with Crippen LogP contribution in [0.3, 0.4) is 0 Å². The topological polar surface area (TPSA) is 38.8 Å². The molecule has 0 spiro atoms. The van der Waals surface area contributed by atoms with E-state index in [2.05, 4.69) is 87.5 Å². The Labute approximate surface area is 201 Å². The molecule has 2 atom stereocenters. The normalized spacial score (nSPS) is 21.7. The van der Waals surface area contributed by atoms with Crippen LogP contribution in [0, 0.1) is 0 Å². The van der Waals surface area contributed by atoms with E-state index in [4.69, 9.17) is 9.47 Å². The lowest BCUT2D eigenvalue weighted by atomic mass is 9.65. The average Bonchev–Trinajstić information content (AvgIpc) is 3.20. The summed E-state index contributed by atoms with van der Waals surface area (Å²) >= 11 is 0. The van der Waals surface area contributed by atoms with Gasteiger partial charge in [0.15, 0.2) is 0 Å². The van der Waals surface area contributed by atoms with Crippen LogP contribution in [0.2, 0.25) is 0 Å². The van der Waals surface area contributed by atoms with Gasteiger partial charge < -0.3 is 14.4 Å². The van der Waals surface area contributed by atoms with E-state index in [-0.39, 0.29) is 30.2 Å². The van der Waals surface area contributed by atoms with E-state index in [0.717, 1.165) is 28.0 Å². The van der Waals surface area contributed by atoms with Crippen LogP contribution in [0.15, 0.2) is 91.0 Å². The number of nitrogens with zero attached hydrogens (tertiary/aromatic N) is 1. The largest absolute Gasteiger partial charge is 0.497 e. The number of methoxy groups -OCH3 is 1. The van der Waals surface area contributed by atoms with Crippen molar-refractivity contribution in [2.24, 2.45) is 0 Å². The van der Waals surface area contributed by atoms with Crippen molar-refractivity contribution in [3.8, 4) is 5.75 Å². The van der Waals surface area contributed by atoms with Crippen molar-refractivity contribution in [1.29, 1.82) is 0 Å². The summed E-state index contributed by atoms with van der Waals surface area (Å²) < 4.78 is 11.9. The first-order chi connectivity index (χ1) is 16.4. The standard InChI is InChI=1S/C30H31NO3/c1-29(2,3)31-26-19-25(21-15-17-24(33-4)18-16-21)30(22-11-7-5-8-12-22,23-13-9-6-10-14-23)28(26)34-20-27(31)32/h5-19,26,28H,20H2,1-4H3. The molecule has 5 rings (SSSR count). The predicted octanol–water partition coefficient (Wildman–Crippen LogP) is 5.47. The molecule has 34 heavy (non-hydrogen) atoms. The molecule has 2 aliphatic rings. The first-order valence-corrected chi connectivity index (χ1v) is 11.8. The van der Waals surface area contributed by atoms with Crippen LogP contribution in [-0.4, -0.2) is 42.2 Å². The summed E-state index contributed by atoms with van der Waals surface area (Å²) in [6, 6.07) is 29.1. The second-order valence-corrected chi connectivity index (χ2v) is 10.0. The van der Waals surface area contributed by atoms with Crippen LogP contribution >= 0.6 is 0 Å². The Hall–Kier alpha value is -3.37. The summed E-state index contributed by atoms with van der Waals surface area (Å²) in [6.45, 7) is 6.36. The van der Waals surface area contributed by atoms with Crippen molar-refractivity contribution >= 4 is 11.5 Å². The molecule has 1 heterocycles. The van der Waals surface area contributed by atoms with E-state index >= 15 is 0 Å². The molecule has 0 radical (unpaired) electrons. The Morgan fingerprint density at radius 3 is 1.94 bits per heavy atom. The SMILES string of the molecule is COc1ccc(C2=CC3C(OCC(=O)N3C(C)(C)C)C2(c2ccccc2)c2ccccc2)cc1. The van der Waals surface area contributed by atoms with Gasteiger partial charge >= 0.3 is 0 Å². The fourth-order valence-corrected chi connectivity index (χ4v) is 5.75. The van der Waals surface area contributed by atoms with Crippen molar-refractivity contribution < 1.29 is 14.3 Å². The number of hydrogen-bond acceptors (Lipinski definition) is 3. The molecule has 1 aliphatic carbocycles. The molecule has 3 aromatic carbocycles. The van der Waals surface area contributed by atoms with Gasteiger partial charge in [-0.1, -0.05) is 78.9 Å². The summed E-state index contributed by atoms with van der Waals surface area (Å²) in [4.78, 5) is 15.2. The molecule has 0 saturated carbocycles. The van der Waals surface area contributed by atoms with Crippen LogP contribution in [-0.2, 0) is 14.9 Å². The van der Waals surface area contributed by atoms with Crippen molar-refractivity contribution in [3.05, 3.63) is 108 Å². The minimum Gasteiger partial charge on any atom is -0.497 e. The molecular weight excluding hydrogens is 422 g/mol. The van der Waals surface area contributed by atoms with Gasteiger partial charge in [-0.25, -0.2) is 0 Å². The van der Waals surface area contributed by atoms with E-state index in [1.54, 1.807) is 7.11 Å². The number of amides is 1. The fraction of sp³-hybridized carbons (Fsp3) is 0.300. The first-order valence-electron chi connectivity index (χ1n) is 11.8. The molecule has 3 aromatic rings. The molecule has 1 fully saturated rings. The number of carbonyl (C=O) groups is 1. The Kier molecular flexibility index (Phi) is 5.57. The molecule has 0 N–H and O–H groups in total. The van der Waals surface area contributed by atoms with Gasteiger partial charge in [-0.05, 0) is 55.2 Å². The van der Waals surface area contributed by atoms with Crippen LogP contribution in [0.25, 0.3) is 5.57 Å². The fourth-order valence-electron chi connectivity index (χ4n) is 5.75. The number of rotatable bonds is 4. The smallest absolute Gasteiger partial charge is 0.249 e. The third-order valence-corrected chi connectivity index (χ3v) is 7.03. The van der Waals surface area contributed by atoms with Crippen molar-refractivity contribution in [1.82, 2.24) is 4.90 Å². The Bertz CT molecular complexity index is 1150. The lowest BCUT2D eigenvalue weighted by molar-refractivity contribution is -0.163. The van der Waals surface area contributed by atoms with E-state index in [1.165, 1.54) is 0 Å².